The number of aliphatic imine (C=N–C) groups is 1. The lowest BCUT2D eigenvalue weighted by atomic mass is 9.83. The maximum absolute atomic E-state index is 13.5. The number of anilines is 1. The van der Waals surface area contributed by atoms with Crippen LogP contribution in [0.5, 0.6) is 0 Å². The molecule has 1 amide bonds. The molecule has 0 bridgehead atoms. The van der Waals surface area contributed by atoms with Gasteiger partial charge in [0.2, 0.25) is 11.3 Å². The molecule has 158 valence electrons. The summed E-state index contributed by atoms with van der Waals surface area (Å²) in [7, 11) is 0. The van der Waals surface area contributed by atoms with Crippen molar-refractivity contribution in [3.05, 3.63) is 29.3 Å². The standard InChI is InChI=1S/C21H21N7O3/c1-11(2)27-30-21(31-28-12(3)4)19(10-23)18(9-22,16(24)26-21)20(19)14-8-13(5)6-7-15(14)25-17(20)29/h6-8H,1-5H3,(H2,24,26)(H,25,29)/t18-,19-,20-/m0/s1. The Labute approximate surface area is 179 Å². The number of nitriles is 2. The number of oxime groups is 2. The van der Waals surface area contributed by atoms with Crippen molar-refractivity contribution in [2.45, 2.75) is 45.9 Å². The molecule has 10 heteroatoms. The maximum atomic E-state index is 13.5. The fourth-order valence-corrected chi connectivity index (χ4v) is 4.87. The smallest absolute Gasteiger partial charge is 0.386 e. The summed E-state index contributed by atoms with van der Waals surface area (Å²) in [5.41, 5.74) is 3.56. The molecule has 1 aliphatic carbocycles. The van der Waals surface area contributed by atoms with Gasteiger partial charge in [-0.3, -0.25) is 4.79 Å². The number of carbonyl (C=O) groups excluding carboxylic acids is 1. The van der Waals surface area contributed by atoms with E-state index < -0.39 is 28.1 Å². The number of carbonyl (C=O) groups is 1. The molecule has 3 N–H and O–H groups in total. The van der Waals surface area contributed by atoms with Crippen molar-refractivity contribution in [2.75, 3.05) is 5.32 Å². The van der Waals surface area contributed by atoms with Gasteiger partial charge in [-0.05, 0) is 46.2 Å². The number of rotatable bonds is 4. The lowest BCUT2D eigenvalue weighted by Crippen LogP contribution is -2.47. The SMILES string of the molecule is CC(C)=NOC1(ON=C(C)C)N=C(N)[C@]2(C#N)[C@]3(C(=O)Nc4ccc(C)cc43)[C@@]12C#N. The van der Waals surface area contributed by atoms with Gasteiger partial charge in [0.1, 0.15) is 11.3 Å². The average Bonchev–Trinajstić information content (AvgIpc) is 3.08. The second kappa shape index (κ2) is 6.05. The third-order valence-corrected chi connectivity index (χ3v) is 5.96. The Balaban J connectivity index is 2.08. The van der Waals surface area contributed by atoms with Gasteiger partial charge in [-0.1, -0.05) is 28.0 Å². The monoisotopic (exact) mass is 419 g/mol. The lowest BCUT2D eigenvalue weighted by molar-refractivity contribution is -0.263. The first-order valence-corrected chi connectivity index (χ1v) is 9.60. The van der Waals surface area contributed by atoms with E-state index in [0.29, 0.717) is 22.7 Å². The Morgan fingerprint density at radius 3 is 2.26 bits per heavy atom. The van der Waals surface area contributed by atoms with Crippen molar-refractivity contribution in [2.24, 2.45) is 31.9 Å². The quantitative estimate of drug-likeness (QED) is 0.432. The highest BCUT2D eigenvalue weighted by atomic mass is 16.8. The molecule has 1 saturated carbocycles. The van der Waals surface area contributed by atoms with Crippen LogP contribution in [0.15, 0.2) is 33.5 Å². The van der Waals surface area contributed by atoms with Crippen molar-refractivity contribution in [3.63, 3.8) is 0 Å². The molecule has 2 aliphatic heterocycles. The molecular weight excluding hydrogens is 398 g/mol. The number of fused-ring (bicyclic) bond motifs is 5. The number of benzene rings is 1. The topological polar surface area (TPSA) is 158 Å². The Hall–Kier alpha value is -3.92. The number of nitrogens with one attached hydrogen (secondary N) is 1. The van der Waals surface area contributed by atoms with Gasteiger partial charge in [-0.2, -0.15) is 15.5 Å². The van der Waals surface area contributed by atoms with Crippen LogP contribution in [0.25, 0.3) is 0 Å². The van der Waals surface area contributed by atoms with Gasteiger partial charge < -0.3 is 20.7 Å². The van der Waals surface area contributed by atoms with E-state index in [2.05, 4.69) is 32.8 Å². The minimum atomic E-state index is -2.24. The Morgan fingerprint density at radius 2 is 1.74 bits per heavy atom. The molecule has 0 aromatic heterocycles. The molecule has 3 atom stereocenters. The molecule has 1 aromatic rings. The first-order chi connectivity index (χ1) is 14.6. The second-order valence-electron chi connectivity index (χ2n) is 8.32. The number of amides is 1. The van der Waals surface area contributed by atoms with E-state index in [1.807, 2.05) is 13.0 Å². The summed E-state index contributed by atoms with van der Waals surface area (Å²) in [4.78, 5) is 29.0. The van der Waals surface area contributed by atoms with Crippen LogP contribution in [-0.2, 0) is 19.9 Å². The van der Waals surface area contributed by atoms with E-state index in [-0.39, 0.29) is 5.84 Å². The van der Waals surface area contributed by atoms with E-state index in [0.717, 1.165) is 5.56 Å². The highest BCUT2D eigenvalue weighted by Gasteiger charge is 3.07. The first-order valence-electron chi connectivity index (χ1n) is 9.60. The minimum absolute atomic E-state index is 0.242. The predicted octanol–water partition coefficient (Wildman–Crippen LogP) is 2.07. The number of hydrogen-bond acceptors (Lipinski definition) is 9. The minimum Gasteiger partial charge on any atom is -0.386 e. The molecular formula is C21H21N7O3. The summed E-state index contributed by atoms with van der Waals surface area (Å²) in [6, 6.07) is 9.54. The van der Waals surface area contributed by atoms with Crippen molar-refractivity contribution in [1.82, 2.24) is 0 Å². The molecule has 10 nitrogen and oxygen atoms in total. The molecule has 4 rings (SSSR count). The van der Waals surface area contributed by atoms with E-state index in [9.17, 15) is 15.3 Å². The number of nitrogens with zero attached hydrogens (tertiary/aromatic N) is 5. The van der Waals surface area contributed by atoms with Gasteiger partial charge in [0.25, 0.3) is 0 Å². The second-order valence-corrected chi connectivity index (χ2v) is 8.32. The summed E-state index contributed by atoms with van der Waals surface area (Å²) >= 11 is 0. The number of nitrogens with two attached hydrogens (primary N) is 1. The number of hydrogen-bond donors (Lipinski definition) is 2. The fourth-order valence-electron chi connectivity index (χ4n) is 4.87. The molecule has 1 spiro atoms. The molecule has 0 unspecified atom stereocenters. The first kappa shape index (κ1) is 20.4. The zero-order valence-corrected chi connectivity index (χ0v) is 17.8. The average molecular weight is 419 g/mol. The highest BCUT2D eigenvalue weighted by molar-refractivity contribution is 6.20. The van der Waals surface area contributed by atoms with Gasteiger partial charge in [-0.25, -0.2) is 0 Å². The van der Waals surface area contributed by atoms with E-state index >= 15 is 0 Å². The normalized spacial score (nSPS) is 30.7. The van der Waals surface area contributed by atoms with E-state index in [4.69, 9.17) is 15.4 Å². The van der Waals surface area contributed by atoms with Gasteiger partial charge >= 0.3 is 5.91 Å². The molecule has 3 aliphatic rings. The zero-order chi connectivity index (χ0) is 22.8. The Kier molecular flexibility index (Phi) is 3.97. The summed E-state index contributed by atoms with van der Waals surface area (Å²) in [6.45, 7) is 8.53. The molecule has 0 radical (unpaired) electrons. The van der Waals surface area contributed by atoms with Crippen LogP contribution in [0.3, 0.4) is 0 Å². The summed E-state index contributed by atoms with van der Waals surface area (Å²) in [5, 5.41) is 31.5. The van der Waals surface area contributed by atoms with Gasteiger partial charge in [0.05, 0.1) is 23.6 Å². The van der Waals surface area contributed by atoms with Crippen LogP contribution in [0.1, 0.15) is 38.8 Å². The summed E-state index contributed by atoms with van der Waals surface area (Å²) < 4.78 is 0. The predicted molar refractivity (Wildman–Crippen MR) is 112 cm³/mol. The summed E-state index contributed by atoms with van der Waals surface area (Å²) in [5.74, 6) is -3.03. The molecule has 31 heavy (non-hydrogen) atoms. The van der Waals surface area contributed by atoms with Crippen LogP contribution in [0.2, 0.25) is 0 Å². The molecule has 1 aromatic carbocycles. The van der Waals surface area contributed by atoms with Gasteiger partial charge in [0.15, 0.2) is 5.41 Å². The third-order valence-electron chi connectivity index (χ3n) is 5.96. The van der Waals surface area contributed by atoms with Crippen molar-refractivity contribution >= 4 is 28.9 Å². The van der Waals surface area contributed by atoms with Crippen LogP contribution >= 0.6 is 0 Å². The van der Waals surface area contributed by atoms with Gasteiger partial charge in [-0.15, -0.1) is 0 Å². The van der Waals surface area contributed by atoms with Crippen molar-refractivity contribution in [1.29, 1.82) is 10.5 Å². The van der Waals surface area contributed by atoms with E-state index in [1.54, 1.807) is 39.8 Å². The van der Waals surface area contributed by atoms with Crippen LogP contribution < -0.4 is 11.1 Å². The number of aryl methyl sites for hydroxylation is 1. The van der Waals surface area contributed by atoms with Gasteiger partial charge in [0, 0.05) is 5.69 Å². The largest absolute Gasteiger partial charge is 0.422 e. The summed E-state index contributed by atoms with van der Waals surface area (Å²) in [6.07, 6.45) is 0. The number of amidine groups is 1. The molecule has 0 saturated heterocycles. The highest BCUT2D eigenvalue weighted by Crippen LogP contribution is 2.87. The molecule has 2 heterocycles. The Morgan fingerprint density at radius 1 is 1.13 bits per heavy atom. The van der Waals surface area contributed by atoms with Crippen LogP contribution in [0, 0.1) is 40.4 Å². The fraction of sp³-hybridized carbons (Fsp3) is 0.429. The lowest BCUT2D eigenvalue weighted by Gasteiger charge is -2.29. The van der Waals surface area contributed by atoms with Crippen molar-refractivity contribution in [3.8, 4) is 12.1 Å². The third kappa shape index (κ3) is 1.95. The molecule has 1 fully saturated rings. The maximum Gasteiger partial charge on any atom is 0.422 e. The van der Waals surface area contributed by atoms with E-state index in [1.165, 1.54) is 0 Å². The van der Waals surface area contributed by atoms with Crippen molar-refractivity contribution < 1.29 is 14.5 Å². The zero-order valence-electron chi connectivity index (χ0n) is 17.8. The Bertz CT molecular complexity index is 1180. The van der Waals surface area contributed by atoms with Crippen LogP contribution in [0.4, 0.5) is 5.69 Å². The van der Waals surface area contributed by atoms with Crippen LogP contribution in [-0.4, -0.2) is 29.1 Å².